The number of carbonyl (C=O) groups is 2. The standard InChI is InChI=1S/C14H16N2O4S/c17-12(18)4-3-10-2-1-7-15-13(10)14(19)16-11-5-8-21(20)9-6-11/h1-4,7,11H,5-6,8-9H2,(H,16,19)(H,17,18)/b4-3+. The molecule has 1 amide bonds. The Balaban J connectivity index is 2.08. The van der Waals surface area contributed by atoms with Crippen molar-refractivity contribution in [1.29, 1.82) is 0 Å². The summed E-state index contributed by atoms with van der Waals surface area (Å²) >= 11 is 0. The van der Waals surface area contributed by atoms with Gasteiger partial charge in [-0.3, -0.25) is 14.0 Å². The van der Waals surface area contributed by atoms with Crippen molar-refractivity contribution in [2.24, 2.45) is 0 Å². The molecule has 21 heavy (non-hydrogen) atoms. The second kappa shape index (κ2) is 7.12. The van der Waals surface area contributed by atoms with Crippen molar-refractivity contribution in [1.82, 2.24) is 10.3 Å². The van der Waals surface area contributed by atoms with Crippen molar-refractivity contribution >= 4 is 28.8 Å². The fourth-order valence-corrected chi connectivity index (χ4v) is 3.39. The molecular weight excluding hydrogens is 292 g/mol. The van der Waals surface area contributed by atoms with E-state index in [2.05, 4.69) is 10.3 Å². The van der Waals surface area contributed by atoms with Crippen LogP contribution >= 0.6 is 0 Å². The number of pyridine rings is 1. The van der Waals surface area contributed by atoms with Crippen molar-refractivity contribution < 1.29 is 18.9 Å². The molecule has 0 saturated carbocycles. The predicted molar refractivity (Wildman–Crippen MR) is 79.3 cm³/mol. The van der Waals surface area contributed by atoms with Gasteiger partial charge in [0, 0.05) is 46.2 Å². The van der Waals surface area contributed by atoms with E-state index < -0.39 is 16.8 Å². The molecule has 1 aliphatic heterocycles. The van der Waals surface area contributed by atoms with E-state index in [9.17, 15) is 13.8 Å². The Hall–Kier alpha value is -2.02. The number of carboxylic acid groups (broad SMARTS) is 1. The van der Waals surface area contributed by atoms with Gasteiger partial charge in [-0.1, -0.05) is 6.07 Å². The Morgan fingerprint density at radius 1 is 1.38 bits per heavy atom. The van der Waals surface area contributed by atoms with Gasteiger partial charge in [-0.15, -0.1) is 0 Å². The highest BCUT2D eigenvalue weighted by molar-refractivity contribution is 7.85. The zero-order chi connectivity index (χ0) is 15.2. The molecule has 2 N–H and O–H groups in total. The van der Waals surface area contributed by atoms with E-state index in [1.54, 1.807) is 12.1 Å². The lowest BCUT2D eigenvalue weighted by molar-refractivity contribution is -0.131. The number of carboxylic acids is 1. The number of amides is 1. The summed E-state index contributed by atoms with van der Waals surface area (Å²) in [7, 11) is -0.776. The highest BCUT2D eigenvalue weighted by Crippen LogP contribution is 2.12. The molecule has 1 aromatic heterocycles. The number of aliphatic carboxylic acids is 1. The maximum absolute atomic E-state index is 12.2. The summed E-state index contributed by atoms with van der Waals surface area (Å²) in [5, 5.41) is 11.5. The maximum Gasteiger partial charge on any atom is 0.328 e. The van der Waals surface area contributed by atoms with Crippen molar-refractivity contribution in [3.05, 3.63) is 35.7 Å². The van der Waals surface area contributed by atoms with Crippen LogP contribution < -0.4 is 5.32 Å². The number of nitrogens with zero attached hydrogens (tertiary/aromatic N) is 1. The van der Waals surface area contributed by atoms with Crippen LogP contribution in [0.1, 0.15) is 28.9 Å². The van der Waals surface area contributed by atoms with Crippen molar-refractivity contribution in [3.8, 4) is 0 Å². The van der Waals surface area contributed by atoms with E-state index in [1.807, 2.05) is 0 Å². The predicted octanol–water partition coefficient (Wildman–Crippen LogP) is 0.820. The molecule has 2 rings (SSSR count). The third-order valence-electron chi connectivity index (χ3n) is 3.18. The van der Waals surface area contributed by atoms with Crippen LogP contribution in [0, 0.1) is 0 Å². The first-order chi connectivity index (χ1) is 10.1. The summed E-state index contributed by atoms with van der Waals surface area (Å²) in [6.07, 6.45) is 5.18. The van der Waals surface area contributed by atoms with Gasteiger partial charge in [0.2, 0.25) is 0 Å². The van der Waals surface area contributed by atoms with E-state index in [0.717, 1.165) is 6.08 Å². The van der Waals surface area contributed by atoms with E-state index in [-0.39, 0.29) is 17.6 Å². The van der Waals surface area contributed by atoms with Gasteiger partial charge in [-0.2, -0.15) is 0 Å². The fraction of sp³-hybridized carbons (Fsp3) is 0.357. The SMILES string of the molecule is O=C(O)/C=C/c1cccnc1C(=O)NC1CCS(=O)CC1. The van der Waals surface area contributed by atoms with Gasteiger partial charge in [0.25, 0.3) is 5.91 Å². The van der Waals surface area contributed by atoms with E-state index in [1.165, 1.54) is 12.3 Å². The van der Waals surface area contributed by atoms with Crippen LogP contribution in [0.2, 0.25) is 0 Å². The maximum atomic E-state index is 12.2. The molecule has 0 aromatic carbocycles. The lowest BCUT2D eigenvalue weighted by Gasteiger charge is -2.22. The molecule has 1 aromatic rings. The average Bonchev–Trinajstić information content (AvgIpc) is 2.47. The quantitative estimate of drug-likeness (QED) is 0.803. The van der Waals surface area contributed by atoms with E-state index >= 15 is 0 Å². The minimum absolute atomic E-state index is 0.00601. The molecular formula is C14H16N2O4S. The fourth-order valence-electron chi connectivity index (χ4n) is 2.09. The number of aromatic nitrogens is 1. The summed E-state index contributed by atoms with van der Waals surface area (Å²) in [5.74, 6) is -0.226. The first-order valence-electron chi connectivity index (χ1n) is 6.58. The molecule has 112 valence electrons. The second-order valence-electron chi connectivity index (χ2n) is 4.71. The second-order valence-corrected chi connectivity index (χ2v) is 6.40. The van der Waals surface area contributed by atoms with Crippen LogP contribution in [0.25, 0.3) is 6.08 Å². The Morgan fingerprint density at radius 3 is 2.76 bits per heavy atom. The van der Waals surface area contributed by atoms with Gasteiger partial charge in [0.05, 0.1) is 0 Å². The summed E-state index contributed by atoms with van der Waals surface area (Å²) in [5.41, 5.74) is 0.651. The van der Waals surface area contributed by atoms with Gasteiger partial charge >= 0.3 is 5.97 Å². The molecule has 0 atom stereocenters. The molecule has 6 nitrogen and oxygen atoms in total. The largest absolute Gasteiger partial charge is 0.478 e. The molecule has 1 fully saturated rings. The Bertz CT molecular complexity index is 590. The first-order valence-corrected chi connectivity index (χ1v) is 8.07. The Morgan fingerprint density at radius 2 is 2.10 bits per heavy atom. The highest BCUT2D eigenvalue weighted by Gasteiger charge is 2.21. The molecule has 2 heterocycles. The smallest absolute Gasteiger partial charge is 0.328 e. The van der Waals surface area contributed by atoms with Gasteiger partial charge < -0.3 is 10.4 Å². The minimum atomic E-state index is -1.08. The van der Waals surface area contributed by atoms with Crippen LogP contribution in [0.3, 0.4) is 0 Å². The lowest BCUT2D eigenvalue weighted by atomic mass is 10.1. The topological polar surface area (TPSA) is 96.4 Å². The van der Waals surface area contributed by atoms with Crippen LogP contribution in [0.15, 0.2) is 24.4 Å². The van der Waals surface area contributed by atoms with Crippen LogP contribution in [0.5, 0.6) is 0 Å². The Kier molecular flexibility index (Phi) is 5.21. The third-order valence-corrected chi connectivity index (χ3v) is 4.56. The zero-order valence-corrected chi connectivity index (χ0v) is 12.1. The van der Waals surface area contributed by atoms with Crippen molar-refractivity contribution in [2.45, 2.75) is 18.9 Å². The first kappa shape index (κ1) is 15.4. The van der Waals surface area contributed by atoms with Crippen molar-refractivity contribution in [3.63, 3.8) is 0 Å². The molecule has 1 aliphatic rings. The number of hydrogen-bond acceptors (Lipinski definition) is 4. The number of nitrogens with one attached hydrogen (secondary N) is 1. The lowest BCUT2D eigenvalue weighted by Crippen LogP contribution is -2.40. The average molecular weight is 308 g/mol. The molecule has 0 aliphatic carbocycles. The zero-order valence-electron chi connectivity index (χ0n) is 11.3. The van der Waals surface area contributed by atoms with Crippen LogP contribution in [-0.2, 0) is 15.6 Å². The molecule has 0 spiro atoms. The van der Waals surface area contributed by atoms with Crippen molar-refractivity contribution in [2.75, 3.05) is 11.5 Å². The molecule has 0 unspecified atom stereocenters. The summed E-state index contributed by atoms with van der Waals surface area (Å²) < 4.78 is 11.3. The monoisotopic (exact) mass is 308 g/mol. The molecule has 7 heteroatoms. The summed E-state index contributed by atoms with van der Waals surface area (Å²) in [6.45, 7) is 0. The van der Waals surface area contributed by atoms with Gasteiger partial charge in [0.15, 0.2) is 0 Å². The summed E-state index contributed by atoms with van der Waals surface area (Å²) in [6, 6.07) is 3.27. The van der Waals surface area contributed by atoms with Gasteiger partial charge in [0.1, 0.15) is 5.69 Å². The van der Waals surface area contributed by atoms with Gasteiger partial charge in [-0.05, 0) is 25.0 Å². The van der Waals surface area contributed by atoms with Gasteiger partial charge in [-0.25, -0.2) is 4.79 Å². The number of hydrogen-bond donors (Lipinski definition) is 2. The van der Waals surface area contributed by atoms with E-state index in [0.29, 0.717) is 29.9 Å². The highest BCUT2D eigenvalue weighted by atomic mass is 32.2. The number of rotatable bonds is 4. The molecule has 0 bridgehead atoms. The summed E-state index contributed by atoms with van der Waals surface area (Å²) in [4.78, 5) is 26.8. The van der Waals surface area contributed by atoms with Crippen LogP contribution in [0.4, 0.5) is 0 Å². The van der Waals surface area contributed by atoms with Crippen LogP contribution in [-0.4, -0.2) is 43.7 Å². The van der Waals surface area contributed by atoms with E-state index in [4.69, 9.17) is 5.11 Å². The number of carbonyl (C=O) groups excluding carboxylic acids is 1. The Labute approximate surface area is 124 Å². The third kappa shape index (κ3) is 4.49. The minimum Gasteiger partial charge on any atom is -0.478 e. The molecule has 0 radical (unpaired) electrons. The molecule has 1 saturated heterocycles. The normalized spacial score (nSPS) is 22.1.